The third kappa shape index (κ3) is 2.29. The van der Waals surface area contributed by atoms with E-state index in [0.29, 0.717) is 0 Å². The number of fused-ring (bicyclic) bond motifs is 1. The maximum atomic E-state index is 13.0. The van der Waals surface area contributed by atoms with Gasteiger partial charge in [0.25, 0.3) is 0 Å². The van der Waals surface area contributed by atoms with E-state index in [1.54, 1.807) is 6.07 Å². The number of carboxylic acid groups (broad SMARTS) is 1. The monoisotopic (exact) mass is 241 g/mol. The van der Waals surface area contributed by atoms with Gasteiger partial charge in [0.1, 0.15) is 5.82 Å². The number of anilines is 1. The van der Waals surface area contributed by atoms with Gasteiger partial charge in [-0.15, -0.1) is 11.8 Å². The summed E-state index contributed by atoms with van der Waals surface area (Å²) in [6.45, 7) is 1.91. The summed E-state index contributed by atoms with van der Waals surface area (Å²) in [7, 11) is 0. The number of carboxylic acids is 1. The molecule has 2 unspecified atom stereocenters. The highest BCUT2D eigenvalue weighted by atomic mass is 32.2. The smallest absolute Gasteiger partial charge is 0.304 e. The standard InChI is InChI=1S/C11H12FNO2S/c1-6-10(5-11(14)15)16-9-3-2-7(12)4-8(9)13-6/h2-4,6,10,13H,5H2,1H3,(H,14,15). The molecule has 5 heteroatoms. The summed E-state index contributed by atoms with van der Waals surface area (Å²) >= 11 is 1.49. The number of nitrogens with one attached hydrogen (secondary N) is 1. The zero-order chi connectivity index (χ0) is 11.7. The van der Waals surface area contributed by atoms with Crippen molar-refractivity contribution in [2.45, 2.75) is 29.5 Å². The first kappa shape index (κ1) is 11.3. The van der Waals surface area contributed by atoms with Gasteiger partial charge in [0, 0.05) is 16.2 Å². The van der Waals surface area contributed by atoms with E-state index >= 15 is 0 Å². The average Bonchev–Trinajstić information content (AvgIpc) is 2.19. The molecule has 3 nitrogen and oxygen atoms in total. The molecule has 0 saturated carbocycles. The van der Waals surface area contributed by atoms with Crippen LogP contribution in [0, 0.1) is 5.82 Å². The number of carbonyl (C=O) groups is 1. The van der Waals surface area contributed by atoms with Gasteiger partial charge in [0.15, 0.2) is 0 Å². The van der Waals surface area contributed by atoms with Crippen molar-refractivity contribution in [2.24, 2.45) is 0 Å². The van der Waals surface area contributed by atoms with Crippen molar-refractivity contribution in [3.05, 3.63) is 24.0 Å². The number of rotatable bonds is 2. The van der Waals surface area contributed by atoms with Gasteiger partial charge in [-0.2, -0.15) is 0 Å². The quantitative estimate of drug-likeness (QED) is 0.835. The van der Waals surface area contributed by atoms with Crippen molar-refractivity contribution >= 4 is 23.4 Å². The molecule has 1 aromatic rings. The Hall–Kier alpha value is -1.23. The number of halogens is 1. The van der Waals surface area contributed by atoms with Gasteiger partial charge >= 0.3 is 5.97 Å². The lowest BCUT2D eigenvalue weighted by Crippen LogP contribution is -2.33. The molecule has 1 aromatic carbocycles. The minimum Gasteiger partial charge on any atom is -0.481 e. The normalized spacial score (nSPS) is 23.4. The average molecular weight is 241 g/mol. The Morgan fingerprint density at radius 2 is 2.38 bits per heavy atom. The third-order valence-electron chi connectivity index (χ3n) is 2.54. The third-order valence-corrected chi connectivity index (χ3v) is 4.02. The van der Waals surface area contributed by atoms with Gasteiger partial charge in [-0.05, 0) is 25.1 Å². The van der Waals surface area contributed by atoms with E-state index in [1.165, 1.54) is 23.9 Å². The van der Waals surface area contributed by atoms with Crippen molar-refractivity contribution in [1.29, 1.82) is 0 Å². The van der Waals surface area contributed by atoms with Crippen LogP contribution in [0.2, 0.25) is 0 Å². The Balaban J connectivity index is 2.21. The topological polar surface area (TPSA) is 49.3 Å². The van der Waals surface area contributed by atoms with Gasteiger partial charge in [-0.1, -0.05) is 0 Å². The van der Waals surface area contributed by atoms with E-state index in [2.05, 4.69) is 5.32 Å². The number of aliphatic carboxylic acids is 1. The van der Waals surface area contributed by atoms with Crippen LogP contribution in [0.4, 0.5) is 10.1 Å². The molecule has 0 bridgehead atoms. The predicted octanol–water partition coefficient (Wildman–Crippen LogP) is 2.58. The van der Waals surface area contributed by atoms with Crippen LogP contribution in [-0.4, -0.2) is 22.4 Å². The lowest BCUT2D eigenvalue weighted by molar-refractivity contribution is -0.137. The van der Waals surface area contributed by atoms with Crippen molar-refractivity contribution in [2.75, 3.05) is 5.32 Å². The molecular formula is C11H12FNO2S. The molecule has 0 fully saturated rings. The van der Waals surface area contributed by atoms with Gasteiger partial charge in [-0.3, -0.25) is 4.79 Å². The van der Waals surface area contributed by atoms with Crippen LogP contribution in [0.25, 0.3) is 0 Å². The van der Waals surface area contributed by atoms with Crippen LogP contribution in [0.1, 0.15) is 13.3 Å². The summed E-state index contributed by atoms with van der Waals surface area (Å²) < 4.78 is 13.0. The maximum Gasteiger partial charge on any atom is 0.304 e. The van der Waals surface area contributed by atoms with E-state index in [-0.39, 0.29) is 23.5 Å². The molecule has 0 amide bonds. The second kappa shape index (κ2) is 4.33. The first-order chi connectivity index (χ1) is 7.56. The second-order valence-corrected chi connectivity index (χ2v) is 5.11. The summed E-state index contributed by atoms with van der Waals surface area (Å²) in [4.78, 5) is 11.6. The molecule has 86 valence electrons. The minimum absolute atomic E-state index is 0.0181. The molecule has 2 rings (SSSR count). The highest BCUT2D eigenvalue weighted by Crippen LogP contribution is 2.39. The predicted molar refractivity (Wildman–Crippen MR) is 61.4 cm³/mol. The van der Waals surface area contributed by atoms with E-state index in [9.17, 15) is 9.18 Å². The van der Waals surface area contributed by atoms with E-state index in [1.807, 2.05) is 6.92 Å². The van der Waals surface area contributed by atoms with Gasteiger partial charge in [0.05, 0.1) is 12.1 Å². The van der Waals surface area contributed by atoms with Crippen molar-refractivity contribution in [3.63, 3.8) is 0 Å². The van der Waals surface area contributed by atoms with E-state index < -0.39 is 5.97 Å². The number of hydrogen-bond acceptors (Lipinski definition) is 3. The highest BCUT2D eigenvalue weighted by molar-refractivity contribution is 8.00. The van der Waals surface area contributed by atoms with Crippen LogP contribution in [0.3, 0.4) is 0 Å². The maximum absolute atomic E-state index is 13.0. The van der Waals surface area contributed by atoms with Crippen LogP contribution < -0.4 is 5.32 Å². The SMILES string of the molecule is CC1Nc2cc(F)ccc2SC1CC(=O)O. The Morgan fingerprint density at radius 1 is 1.62 bits per heavy atom. The molecule has 0 aromatic heterocycles. The molecule has 1 heterocycles. The summed E-state index contributed by atoms with van der Waals surface area (Å²) in [5, 5.41) is 11.9. The zero-order valence-electron chi connectivity index (χ0n) is 8.74. The van der Waals surface area contributed by atoms with E-state index in [4.69, 9.17) is 5.11 Å². The van der Waals surface area contributed by atoms with Gasteiger partial charge in [-0.25, -0.2) is 4.39 Å². The molecule has 0 saturated heterocycles. The Kier molecular flexibility index (Phi) is 3.05. The first-order valence-electron chi connectivity index (χ1n) is 5.01. The van der Waals surface area contributed by atoms with Gasteiger partial charge < -0.3 is 10.4 Å². The lowest BCUT2D eigenvalue weighted by Gasteiger charge is -2.30. The molecule has 1 aliphatic heterocycles. The molecule has 0 aliphatic carbocycles. The highest BCUT2D eigenvalue weighted by Gasteiger charge is 2.27. The Labute approximate surface area is 97.0 Å². The van der Waals surface area contributed by atoms with Crippen molar-refractivity contribution < 1.29 is 14.3 Å². The molecule has 16 heavy (non-hydrogen) atoms. The summed E-state index contributed by atoms with van der Waals surface area (Å²) in [6, 6.07) is 4.54. The lowest BCUT2D eigenvalue weighted by atomic mass is 10.1. The Morgan fingerprint density at radius 3 is 3.06 bits per heavy atom. The summed E-state index contributed by atoms with van der Waals surface area (Å²) in [5.74, 6) is -1.09. The molecule has 1 aliphatic rings. The van der Waals surface area contributed by atoms with Gasteiger partial charge in [0.2, 0.25) is 0 Å². The molecular weight excluding hydrogens is 229 g/mol. The molecule has 0 spiro atoms. The molecule has 2 atom stereocenters. The summed E-state index contributed by atoms with van der Waals surface area (Å²) in [5.41, 5.74) is 0.749. The fourth-order valence-corrected chi connectivity index (χ4v) is 2.93. The van der Waals surface area contributed by atoms with Crippen LogP contribution in [0.15, 0.2) is 23.1 Å². The van der Waals surface area contributed by atoms with E-state index in [0.717, 1.165) is 10.6 Å². The zero-order valence-corrected chi connectivity index (χ0v) is 9.55. The molecule has 0 radical (unpaired) electrons. The fourth-order valence-electron chi connectivity index (χ4n) is 1.71. The number of benzene rings is 1. The second-order valence-electron chi connectivity index (χ2n) is 3.83. The van der Waals surface area contributed by atoms with Crippen molar-refractivity contribution in [1.82, 2.24) is 0 Å². The largest absolute Gasteiger partial charge is 0.481 e. The summed E-state index contributed by atoms with van der Waals surface area (Å²) in [6.07, 6.45) is 0.107. The first-order valence-corrected chi connectivity index (χ1v) is 5.89. The van der Waals surface area contributed by atoms with Crippen LogP contribution >= 0.6 is 11.8 Å². The van der Waals surface area contributed by atoms with Crippen LogP contribution in [0.5, 0.6) is 0 Å². The van der Waals surface area contributed by atoms with Crippen LogP contribution in [-0.2, 0) is 4.79 Å². The molecule has 2 N–H and O–H groups in total. The van der Waals surface area contributed by atoms with Crippen molar-refractivity contribution in [3.8, 4) is 0 Å². The number of thioether (sulfide) groups is 1. The number of hydrogen-bond donors (Lipinski definition) is 2. The minimum atomic E-state index is -0.809. The Bertz CT molecular complexity index is 424. The fraction of sp³-hybridized carbons (Fsp3) is 0.364.